The average Bonchev–Trinajstić information content (AvgIpc) is 1.99. The van der Waals surface area contributed by atoms with Gasteiger partial charge in [-0.15, -0.1) is 0 Å². The second-order valence-electron chi connectivity index (χ2n) is 5.94. The summed E-state index contributed by atoms with van der Waals surface area (Å²) in [5.74, 6) is 0. The summed E-state index contributed by atoms with van der Waals surface area (Å²) in [4.78, 5) is 0. The molecule has 1 heterocycles. The number of hydrogen-bond donors (Lipinski definition) is 1. The second-order valence-corrected chi connectivity index (χ2v) is 6.35. The van der Waals surface area contributed by atoms with Gasteiger partial charge in [-0.05, 0) is 47.5 Å². The van der Waals surface area contributed by atoms with Crippen LogP contribution in [0.3, 0.4) is 0 Å². The summed E-state index contributed by atoms with van der Waals surface area (Å²) < 4.78 is 5.70. The van der Waals surface area contributed by atoms with Crippen molar-refractivity contribution >= 4 is 10.5 Å². The highest BCUT2D eigenvalue weighted by atomic mass is 28.2. The Balaban J connectivity index is -0.000000653. The highest BCUT2D eigenvalue weighted by Gasteiger charge is 2.50. The number of nitrogens with zero attached hydrogens (tertiary/aromatic N) is 1. The highest BCUT2D eigenvalue weighted by molar-refractivity contribution is 5.98. The molecule has 4 heteroatoms. The molecule has 0 spiro atoms. The van der Waals surface area contributed by atoms with E-state index >= 15 is 0 Å². The number of rotatable bonds is 1. The van der Waals surface area contributed by atoms with Crippen molar-refractivity contribution in [3.05, 3.63) is 0 Å². The van der Waals surface area contributed by atoms with Gasteiger partial charge in [0, 0.05) is 11.1 Å². The maximum atomic E-state index is 10.1. The molecule has 0 bridgehead atoms. The van der Waals surface area contributed by atoms with E-state index < -0.39 is 0 Å². The van der Waals surface area contributed by atoms with E-state index in [0.717, 1.165) is 23.3 Å². The molecule has 1 aliphatic rings. The van der Waals surface area contributed by atoms with E-state index in [1.54, 1.807) is 0 Å². The SMILES string of the molecule is C.C.C.CC1(O[SiH3])CC(C)(C)N(O)C(C)(C)C1. The third kappa shape index (κ3) is 4.36. The van der Waals surface area contributed by atoms with Crippen LogP contribution in [0.5, 0.6) is 0 Å². The van der Waals surface area contributed by atoms with Gasteiger partial charge in [0.05, 0.1) is 5.60 Å². The Morgan fingerprint density at radius 2 is 1.24 bits per heavy atom. The molecular weight excluding hydrogens is 230 g/mol. The van der Waals surface area contributed by atoms with Crippen LogP contribution in [0.15, 0.2) is 0 Å². The zero-order valence-corrected chi connectivity index (χ0v) is 12.2. The lowest BCUT2D eigenvalue weighted by Crippen LogP contribution is -2.63. The number of hydroxylamine groups is 2. The highest BCUT2D eigenvalue weighted by Crippen LogP contribution is 2.43. The lowest BCUT2D eigenvalue weighted by Gasteiger charge is -2.55. The Morgan fingerprint density at radius 1 is 0.941 bits per heavy atom. The molecule has 0 aliphatic carbocycles. The van der Waals surface area contributed by atoms with Crippen molar-refractivity contribution in [3.63, 3.8) is 0 Å². The van der Waals surface area contributed by atoms with Gasteiger partial charge in [-0.1, -0.05) is 22.3 Å². The molecule has 0 aromatic carbocycles. The van der Waals surface area contributed by atoms with Gasteiger partial charge in [0.25, 0.3) is 0 Å². The van der Waals surface area contributed by atoms with Gasteiger partial charge in [-0.3, -0.25) is 0 Å². The van der Waals surface area contributed by atoms with Gasteiger partial charge in [0.2, 0.25) is 0 Å². The first kappa shape index (κ1) is 22.3. The standard InChI is InChI=1S/C10H23NO2Si.3CH4/c1-8(2)6-10(5,13-14)7-9(3,4)11(8)12;;;/h12H,6-7H2,1-5,14H3;3*1H4. The van der Waals surface area contributed by atoms with Crippen LogP contribution in [0.1, 0.15) is 69.7 Å². The number of hydrogen-bond acceptors (Lipinski definition) is 3. The summed E-state index contributed by atoms with van der Waals surface area (Å²) in [6.07, 6.45) is 1.76. The number of piperidine rings is 1. The monoisotopic (exact) mass is 265 g/mol. The summed E-state index contributed by atoms with van der Waals surface area (Å²) in [6.45, 7) is 10.4. The van der Waals surface area contributed by atoms with Crippen molar-refractivity contribution in [2.75, 3.05) is 0 Å². The van der Waals surface area contributed by atoms with E-state index in [2.05, 4.69) is 34.6 Å². The minimum Gasteiger partial charge on any atom is -0.423 e. The first-order valence-corrected chi connectivity index (χ1v) is 5.99. The van der Waals surface area contributed by atoms with Crippen LogP contribution in [-0.4, -0.2) is 37.4 Å². The van der Waals surface area contributed by atoms with E-state index in [0.29, 0.717) is 0 Å². The third-order valence-corrected chi connectivity index (χ3v) is 4.24. The fraction of sp³-hybridized carbons (Fsp3) is 1.00. The fourth-order valence-electron chi connectivity index (χ4n) is 3.01. The molecule has 108 valence electrons. The summed E-state index contributed by atoms with van der Waals surface area (Å²) >= 11 is 0. The van der Waals surface area contributed by atoms with Gasteiger partial charge in [-0.2, -0.15) is 5.06 Å². The van der Waals surface area contributed by atoms with Crippen LogP contribution in [0, 0.1) is 0 Å². The first-order valence-electron chi connectivity index (χ1n) is 5.17. The quantitative estimate of drug-likeness (QED) is 0.740. The topological polar surface area (TPSA) is 32.7 Å². The van der Waals surface area contributed by atoms with Gasteiger partial charge in [0.1, 0.15) is 10.5 Å². The Kier molecular flexibility index (Phi) is 8.29. The van der Waals surface area contributed by atoms with Crippen molar-refractivity contribution in [1.29, 1.82) is 0 Å². The molecule has 1 fully saturated rings. The predicted octanol–water partition coefficient (Wildman–Crippen LogP) is 2.99. The smallest absolute Gasteiger partial charge is 0.146 e. The molecule has 3 nitrogen and oxygen atoms in total. The van der Waals surface area contributed by atoms with E-state index in [1.165, 1.54) is 5.06 Å². The molecular formula is C13H35NO2Si. The van der Waals surface area contributed by atoms with Crippen molar-refractivity contribution in [3.8, 4) is 0 Å². The van der Waals surface area contributed by atoms with Crippen molar-refractivity contribution < 1.29 is 9.63 Å². The van der Waals surface area contributed by atoms with E-state index in [1.807, 2.05) is 0 Å². The molecule has 0 aromatic rings. The zero-order valence-electron chi connectivity index (χ0n) is 10.2. The van der Waals surface area contributed by atoms with Gasteiger partial charge in [-0.25, -0.2) is 0 Å². The van der Waals surface area contributed by atoms with Gasteiger partial charge >= 0.3 is 0 Å². The first-order chi connectivity index (χ1) is 6.13. The van der Waals surface area contributed by atoms with Crippen molar-refractivity contribution in [1.82, 2.24) is 5.06 Å². The molecule has 0 atom stereocenters. The van der Waals surface area contributed by atoms with Crippen LogP contribution in [0.4, 0.5) is 0 Å². The van der Waals surface area contributed by atoms with Crippen LogP contribution < -0.4 is 0 Å². The Hall–Kier alpha value is 0.0969. The van der Waals surface area contributed by atoms with Crippen LogP contribution in [0.25, 0.3) is 0 Å². The largest absolute Gasteiger partial charge is 0.423 e. The zero-order chi connectivity index (χ0) is 11.2. The van der Waals surface area contributed by atoms with Crippen LogP contribution in [0.2, 0.25) is 0 Å². The minimum absolute atomic E-state index is 0. The molecule has 1 rings (SSSR count). The van der Waals surface area contributed by atoms with Gasteiger partial charge < -0.3 is 9.63 Å². The van der Waals surface area contributed by atoms with E-state index in [9.17, 15) is 5.21 Å². The molecule has 1 saturated heterocycles. The predicted molar refractivity (Wildman–Crippen MR) is 80.6 cm³/mol. The van der Waals surface area contributed by atoms with Crippen LogP contribution in [-0.2, 0) is 4.43 Å². The Labute approximate surface area is 112 Å². The molecule has 0 amide bonds. The van der Waals surface area contributed by atoms with Crippen LogP contribution >= 0.6 is 0 Å². The normalized spacial score (nSPS) is 25.1. The fourth-order valence-corrected chi connectivity index (χ4v) is 3.29. The lowest BCUT2D eigenvalue weighted by atomic mass is 9.73. The summed E-state index contributed by atoms with van der Waals surface area (Å²) in [6, 6.07) is 0. The average molecular weight is 266 g/mol. The molecule has 17 heavy (non-hydrogen) atoms. The summed E-state index contributed by atoms with van der Waals surface area (Å²) in [5, 5.41) is 11.6. The Bertz CT molecular complexity index is 206. The van der Waals surface area contributed by atoms with E-state index in [4.69, 9.17) is 4.43 Å². The van der Waals surface area contributed by atoms with E-state index in [-0.39, 0.29) is 39.0 Å². The molecule has 0 unspecified atom stereocenters. The minimum atomic E-state index is -0.207. The molecule has 0 aromatic heterocycles. The van der Waals surface area contributed by atoms with Crippen molar-refractivity contribution in [2.24, 2.45) is 0 Å². The van der Waals surface area contributed by atoms with Crippen molar-refractivity contribution in [2.45, 2.75) is 86.4 Å². The summed E-state index contributed by atoms with van der Waals surface area (Å²) in [7, 11) is 0.756. The second kappa shape index (κ2) is 6.32. The molecule has 0 saturated carbocycles. The Morgan fingerprint density at radius 3 is 1.47 bits per heavy atom. The maximum absolute atomic E-state index is 10.1. The molecule has 1 aliphatic heterocycles. The third-order valence-electron chi connectivity index (χ3n) is 3.25. The molecule has 1 N–H and O–H groups in total. The maximum Gasteiger partial charge on any atom is 0.146 e. The molecule has 0 radical (unpaired) electrons. The summed E-state index contributed by atoms with van der Waals surface area (Å²) in [5.41, 5.74) is -0.486. The van der Waals surface area contributed by atoms with Gasteiger partial charge in [0.15, 0.2) is 0 Å². The lowest BCUT2D eigenvalue weighted by molar-refractivity contribution is -0.268.